The van der Waals surface area contributed by atoms with Gasteiger partial charge in [-0.2, -0.15) is 13.2 Å². The average Bonchev–Trinajstić information content (AvgIpc) is 3.31. The number of hydrogen-bond acceptors (Lipinski definition) is 6. The Labute approximate surface area is 192 Å². The van der Waals surface area contributed by atoms with Gasteiger partial charge in [-0.25, -0.2) is 4.98 Å². The molecular weight excluding hydrogens is 449 g/mol. The molecule has 5 rings (SSSR count). The number of piperidine rings is 1. The van der Waals surface area contributed by atoms with E-state index in [1.54, 1.807) is 30.6 Å². The van der Waals surface area contributed by atoms with Crippen LogP contribution < -0.4 is 10.1 Å². The Hall–Kier alpha value is -3.53. The number of alkyl halides is 3. The molecule has 0 aliphatic carbocycles. The molecule has 0 saturated carbocycles. The summed E-state index contributed by atoms with van der Waals surface area (Å²) in [5.74, 6) is -0.196. The Bertz CT molecular complexity index is 1370. The minimum absolute atomic E-state index is 0.122. The molecule has 0 spiro atoms. The van der Waals surface area contributed by atoms with Crippen LogP contribution in [-0.4, -0.2) is 51.9 Å². The number of rotatable bonds is 5. The third-order valence-corrected chi connectivity index (χ3v) is 6.22. The molecule has 0 radical (unpaired) electrons. The maximum atomic E-state index is 12.8. The van der Waals surface area contributed by atoms with Crippen molar-refractivity contribution < 1.29 is 27.5 Å². The first-order valence-corrected chi connectivity index (χ1v) is 11.0. The van der Waals surface area contributed by atoms with Crippen molar-refractivity contribution in [1.29, 1.82) is 0 Å². The molecule has 1 fully saturated rings. The van der Waals surface area contributed by atoms with Crippen molar-refractivity contribution in [2.24, 2.45) is 11.1 Å². The van der Waals surface area contributed by atoms with Crippen molar-refractivity contribution in [1.82, 2.24) is 14.3 Å². The van der Waals surface area contributed by atoms with Crippen LogP contribution in [0.4, 0.5) is 13.2 Å². The lowest BCUT2D eigenvalue weighted by Crippen LogP contribution is -2.40. The molecule has 1 aliphatic rings. The Morgan fingerprint density at radius 3 is 2.74 bits per heavy atom. The second-order valence-electron chi connectivity index (χ2n) is 8.37. The number of hydrogen-bond donors (Lipinski definition) is 1. The number of halogens is 3. The van der Waals surface area contributed by atoms with Gasteiger partial charge in [-0.3, -0.25) is 4.90 Å². The van der Waals surface area contributed by atoms with Crippen molar-refractivity contribution in [3.63, 3.8) is 0 Å². The van der Waals surface area contributed by atoms with Gasteiger partial charge >= 0.3 is 6.18 Å². The van der Waals surface area contributed by atoms with E-state index in [1.165, 1.54) is 0 Å². The predicted molar refractivity (Wildman–Crippen MR) is 118 cm³/mol. The summed E-state index contributed by atoms with van der Waals surface area (Å²) in [6, 6.07) is 12.5. The van der Waals surface area contributed by atoms with E-state index < -0.39 is 12.1 Å². The van der Waals surface area contributed by atoms with E-state index in [4.69, 9.17) is 9.15 Å². The molecule has 178 valence electrons. The normalized spacial score (nSPS) is 16.5. The first-order chi connectivity index (χ1) is 16.4. The van der Waals surface area contributed by atoms with Crippen molar-refractivity contribution >= 4 is 16.5 Å². The topological polar surface area (TPSA) is 75.5 Å². The Kier molecular flexibility index (Phi) is 5.91. The largest absolute Gasteiger partial charge is 0.492 e. The molecule has 3 aromatic heterocycles. The van der Waals surface area contributed by atoms with E-state index in [0.717, 1.165) is 5.52 Å². The van der Waals surface area contributed by atoms with Gasteiger partial charge in [-0.15, -0.1) is 0 Å². The minimum Gasteiger partial charge on any atom is -0.492 e. The van der Waals surface area contributed by atoms with E-state index >= 15 is 0 Å². The maximum absolute atomic E-state index is 12.8. The monoisotopic (exact) mass is 472 g/mol. The maximum Gasteiger partial charge on any atom is 0.391 e. The van der Waals surface area contributed by atoms with Crippen LogP contribution >= 0.6 is 0 Å². The number of benzene rings is 1. The van der Waals surface area contributed by atoms with Gasteiger partial charge in [0.1, 0.15) is 29.0 Å². The Morgan fingerprint density at radius 1 is 1.15 bits per heavy atom. The summed E-state index contributed by atoms with van der Waals surface area (Å²) >= 11 is 0. The van der Waals surface area contributed by atoms with Crippen molar-refractivity contribution in [3.8, 4) is 17.2 Å². The summed E-state index contributed by atoms with van der Waals surface area (Å²) in [5, 5.41) is 13.9. The summed E-state index contributed by atoms with van der Waals surface area (Å²) in [6.45, 7) is 1.69. The standard InChI is InChI=1S/C24H23F3N4O3/c25-24(26,27)16-5-8-30(9-6-16)10-11-33-18-3-4-22-19(13-18)20(29-32)14-23(34-22)21-12-17-2-1-7-31(17)15-28-21/h1-4,7,12-16,32H,5-6,8-11H2/b29-20+. The highest BCUT2D eigenvalue weighted by molar-refractivity contribution is 5.80. The van der Waals surface area contributed by atoms with Gasteiger partial charge in [0.15, 0.2) is 5.76 Å². The molecule has 0 atom stereocenters. The number of fused-ring (bicyclic) bond motifs is 2. The fourth-order valence-corrected chi connectivity index (χ4v) is 4.29. The second kappa shape index (κ2) is 9.02. The summed E-state index contributed by atoms with van der Waals surface area (Å²) in [4.78, 5) is 6.39. The molecule has 0 bridgehead atoms. The zero-order valence-corrected chi connectivity index (χ0v) is 18.2. The van der Waals surface area contributed by atoms with Crippen LogP contribution in [-0.2, 0) is 0 Å². The van der Waals surface area contributed by atoms with E-state index in [-0.39, 0.29) is 12.8 Å². The third-order valence-electron chi connectivity index (χ3n) is 6.22. The third kappa shape index (κ3) is 4.58. The zero-order valence-electron chi connectivity index (χ0n) is 18.2. The van der Waals surface area contributed by atoms with Gasteiger partial charge in [0.25, 0.3) is 0 Å². The second-order valence-corrected chi connectivity index (χ2v) is 8.37. The van der Waals surface area contributed by atoms with Crippen LogP contribution in [0.2, 0.25) is 0 Å². The van der Waals surface area contributed by atoms with E-state index in [0.29, 0.717) is 59.8 Å². The molecule has 1 aromatic carbocycles. The number of likely N-dealkylation sites (tertiary alicyclic amines) is 1. The number of nitrogens with zero attached hydrogens (tertiary/aromatic N) is 4. The first kappa shape index (κ1) is 22.3. The van der Waals surface area contributed by atoms with Gasteiger partial charge < -0.3 is 18.8 Å². The molecule has 4 heterocycles. The summed E-state index contributed by atoms with van der Waals surface area (Å²) in [6.07, 6.45) is -0.292. The molecule has 7 nitrogen and oxygen atoms in total. The van der Waals surface area contributed by atoms with Crippen LogP contribution in [0, 0.1) is 5.92 Å². The van der Waals surface area contributed by atoms with Crippen molar-refractivity contribution in [3.05, 3.63) is 60.3 Å². The van der Waals surface area contributed by atoms with Gasteiger partial charge in [-0.05, 0) is 62.3 Å². The highest BCUT2D eigenvalue weighted by atomic mass is 19.4. The van der Waals surface area contributed by atoms with E-state index in [9.17, 15) is 18.4 Å². The van der Waals surface area contributed by atoms with Gasteiger partial charge in [0, 0.05) is 24.3 Å². The average molecular weight is 472 g/mol. The molecule has 34 heavy (non-hydrogen) atoms. The van der Waals surface area contributed by atoms with Crippen LogP contribution in [0.1, 0.15) is 12.8 Å². The summed E-state index contributed by atoms with van der Waals surface area (Å²) < 4.78 is 52.2. The highest BCUT2D eigenvalue weighted by Gasteiger charge is 2.40. The van der Waals surface area contributed by atoms with Crippen LogP contribution in [0.3, 0.4) is 0 Å². The number of ether oxygens (including phenoxy) is 1. The van der Waals surface area contributed by atoms with Crippen LogP contribution in [0.15, 0.2) is 64.6 Å². The minimum atomic E-state index is -4.11. The predicted octanol–water partition coefficient (Wildman–Crippen LogP) is 4.69. The molecule has 0 unspecified atom stereocenters. The van der Waals surface area contributed by atoms with Crippen LogP contribution in [0.25, 0.3) is 27.9 Å². The van der Waals surface area contributed by atoms with Gasteiger partial charge in [0.05, 0.1) is 17.6 Å². The summed E-state index contributed by atoms with van der Waals surface area (Å²) in [5.41, 5.74) is 2.06. The lowest BCUT2D eigenvalue weighted by Gasteiger charge is -2.32. The van der Waals surface area contributed by atoms with E-state index in [1.807, 2.05) is 33.7 Å². The Morgan fingerprint density at radius 2 is 1.97 bits per heavy atom. The SMILES string of the molecule is O/N=c1\cc(-c2cc3cccn3cn2)oc2ccc(OCCN3CCC(C(F)(F)F)CC3)cc12. The first-order valence-electron chi connectivity index (χ1n) is 11.0. The number of aromatic nitrogens is 2. The van der Waals surface area contributed by atoms with Gasteiger partial charge in [-0.1, -0.05) is 5.16 Å². The van der Waals surface area contributed by atoms with E-state index in [2.05, 4.69) is 10.1 Å². The smallest absolute Gasteiger partial charge is 0.391 e. The molecule has 10 heteroatoms. The Balaban J connectivity index is 1.28. The van der Waals surface area contributed by atoms with Gasteiger partial charge in [0.2, 0.25) is 0 Å². The lowest BCUT2D eigenvalue weighted by molar-refractivity contribution is -0.185. The molecule has 4 aromatic rings. The quantitative estimate of drug-likeness (QED) is 0.337. The molecule has 1 N–H and O–H groups in total. The molecular formula is C24H23F3N4O3. The summed E-state index contributed by atoms with van der Waals surface area (Å²) in [7, 11) is 0. The highest BCUT2D eigenvalue weighted by Crippen LogP contribution is 2.34. The molecule has 0 amide bonds. The fourth-order valence-electron chi connectivity index (χ4n) is 4.29. The van der Waals surface area contributed by atoms with Crippen molar-refractivity contribution in [2.75, 3.05) is 26.2 Å². The fraction of sp³-hybridized carbons (Fsp3) is 0.333. The molecule has 1 saturated heterocycles. The lowest BCUT2D eigenvalue weighted by atomic mass is 9.96. The van der Waals surface area contributed by atoms with Crippen LogP contribution in [0.5, 0.6) is 5.75 Å². The molecule has 1 aliphatic heterocycles. The van der Waals surface area contributed by atoms with Crippen molar-refractivity contribution in [2.45, 2.75) is 19.0 Å². The zero-order chi connectivity index (χ0) is 23.7.